The van der Waals surface area contributed by atoms with Gasteiger partial charge in [0.05, 0.1) is 12.8 Å². The molecular formula is C25H24N2O3. The van der Waals surface area contributed by atoms with Crippen molar-refractivity contribution >= 4 is 5.91 Å². The van der Waals surface area contributed by atoms with Gasteiger partial charge >= 0.3 is 0 Å². The Morgan fingerprint density at radius 2 is 1.70 bits per heavy atom. The quantitative estimate of drug-likeness (QED) is 0.402. The summed E-state index contributed by atoms with van der Waals surface area (Å²) in [6, 6.07) is 21.6. The minimum Gasteiger partial charge on any atom is -0.467 e. The number of hydrogen-bond donors (Lipinski definition) is 0. The van der Waals surface area contributed by atoms with Gasteiger partial charge in [-0.2, -0.15) is 0 Å². The lowest BCUT2D eigenvalue weighted by Gasteiger charge is -2.21. The number of aromatic nitrogens is 1. The maximum Gasteiger partial charge on any atom is 0.276 e. The first kappa shape index (κ1) is 19.7. The third kappa shape index (κ3) is 4.51. The molecule has 0 atom stereocenters. The third-order valence-corrected chi connectivity index (χ3v) is 5.08. The van der Waals surface area contributed by atoms with Crippen LogP contribution in [0.3, 0.4) is 0 Å². The molecule has 1 amide bonds. The van der Waals surface area contributed by atoms with E-state index in [1.165, 1.54) is 5.56 Å². The van der Waals surface area contributed by atoms with Crippen LogP contribution in [0.4, 0.5) is 0 Å². The van der Waals surface area contributed by atoms with Crippen molar-refractivity contribution in [1.82, 2.24) is 10.1 Å². The average Bonchev–Trinajstić information content (AvgIpc) is 3.46. The summed E-state index contributed by atoms with van der Waals surface area (Å²) in [7, 11) is 0. The van der Waals surface area contributed by atoms with E-state index >= 15 is 0 Å². The molecule has 152 valence electrons. The zero-order chi connectivity index (χ0) is 20.9. The van der Waals surface area contributed by atoms with Crippen molar-refractivity contribution in [3.63, 3.8) is 0 Å². The zero-order valence-electron chi connectivity index (χ0n) is 17.2. The van der Waals surface area contributed by atoms with E-state index in [1.54, 1.807) is 17.2 Å². The minimum absolute atomic E-state index is 0.201. The molecule has 4 aromatic rings. The Kier molecular flexibility index (Phi) is 5.80. The number of aryl methyl sites for hydroxylation is 2. The lowest BCUT2D eigenvalue weighted by Crippen LogP contribution is -2.30. The second kappa shape index (κ2) is 8.82. The van der Waals surface area contributed by atoms with Crippen LogP contribution in [0.5, 0.6) is 0 Å². The van der Waals surface area contributed by atoms with E-state index in [1.807, 2.05) is 43.3 Å². The minimum atomic E-state index is -0.201. The molecule has 0 saturated carbocycles. The smallest absolute Gasteiger partial charge is 0.276 e. The van der Waals surface area contributed by atoms with Gasteiger partial charge in [-0.25, -0.2) is 0 Å². The van der Waals surface area contributed by atoms with Crippen molar-refractivity contribution in [3.05, 3.63) is 101 Å². The van der Waals surface area contributed by atoms with E-state index < -0.39 is 0 Å². The average molecular weight is 400 g/mol. The fraction of sp³-hybridized carbons (Fsp3) is 0.200. The molecule has 4 rings (SSSR count). The first-order valence-electron chi connectivity index (χ1n) is 10.1. The Morgan fingerprint density at radius 1 is 0.967 bits per heavy atom. The van der Waals surface area contributed by atoms with E-state index in [-0.39, 0.29) is 11.6 Å². The van der Waals surface area contributed by atoms with Crippen LogP contribution in [0.1, 0.15) is 39.9 Å². The van der Waals surface area contributed by atoms with Gasteiger partial charge in [-0.3, -0.25) is 4.79 Å². The van der Waals surface area contributed by atoms with Gasteiger partial charge in [-0.1, -0.05) is 66.2 Å². The van der Waals surface area contributed by atoms with E-state index in [4.69, 9.17) is 8.94 Å². The summed E-state index contributed by atoms with van der Waals surface area (Å²) in [5.74, 6) is 1.09. The SMILES string of the molecule is CCc1ccc(CN(Cc2ccco2)C(=O)c2cc(-c3ccc(C)cc3)on2)cc1. The highest BCUT2D eigenvalue weighted by molar-refractivity contribution is 5.93. The van der Waals surface area contributed by atoms with Crippen LogP contribution >= 0.6 is 0 Å². The molecule has 2 heterocycles. The van der Waals surface area contributed by atoms with Crippen molar-refractivity contribution in [1.29, 1.82) is 0 Å². The number of carbonyl (C=O) groups excluding carboxylic acids is 1. The topological polar surface area (TPSA) is 59.5 Å². The number of nitrogens with zero attached hydrogens (tertiary/aromatic N) is 2. The molecule has 0 radical (unpaired) electrons. The number of carbonyl (C=O) groups is 1. The third-order valence-electron chi connectivity index (χ3n) is 5.08. The molecule has 0 saturated heterocycles. The van der Waals surface area contributed by atoms with Crippen LogP contribution in [0.2, 0.25) is 0 Å². The van der Waals surface area contributed by atoms with Gasteiger partial charge in [-0.15, -0.1) is 0 Å². The van der Waals surface area contributed by atoms with E-state index in [9.17, 15) is 4.79 Å². The van der Waals surface area contributed by atoms with Gasteiger partial charge in [0.1, 0.15) is 5.76 Å². The predicted octanol–water partition coefficient (Wildman–Crippen LogP) is 5.65. The summed E-state index contributed by atoms with van der Waals surface area (Å²) < 4.78 is 10.9. The number of furan rings is 1. The first-order valence-corrected chi connectivity index (χ1v) is 10.1. The number of amides is 1. The largest absolute Gasteiger partial charge is 0.467 e. The van der Waals surface area contributed by atoms with Crippen LogP contribution in [-0.4, -0.2) is 16.0 Å². The molecular weight excluding hydrogens is 376 g/mol. The van der Waals surface area contributed by atoms with Gasteiger partial charge in [0.25, 0.3) is 5.91 Å². The fourth-order valence-corrected chi connectivity index (χ4v) is 3.28. The van der Waals surface area contributed by atoms with E-state index in [0.29, 0.717) is 18.8 Å². The second-order valence-corrected chi connectivity index (χ2v) is 7.35. The number of benzene rings is 2. The highest BCUT2D eigenvalue weighted by Gasteiger charge is 2.22. The van der Waals surface area contributed by atoms with Gasteiger partial charge in [-0.05, 0) is 36.6 Å². The van der Waals surface area contributed by atoms with Crippen molar-refractivity contribution in [2.24, 2.45) is 0 Å². The Labute approximate surface area is 175 Å². The first-order chi connectivity index (χ1) is 14.6. The Hall–Kier alpha value is -3.60. The maximum absolute atomic E-state index is 13.3. The zero-order valence-corrected chi connectivity index (χ0v) is 17.2. The molecule has 0 unspecified atom stereocenters. The fourth-order valence-electron chi connectivity index (χ4n) is 3.28. The normalized spacial score (nSPS) is 10.9. The molecule has 0 aliphatic carbocycles. The van der Waals surface area contributed by atoms with Gasteiger partial charge in [0, 0.05) is 18.2 Å². The monoisotopic (exact) mass is 400 g/mol. The molecule has 0 fully saturated rings. The van der Waals surface area contributed by atoms with Crippen LogP contribution in [0.15, 0.2) is 81.9 Å². The maximum atomic E-state index is 13.3. The summed E-state index contributed by atoms with van der Waals surface area (Å²) in [6.07, 6.45) is 2.59. The molecule has 0 spiro atoms. The van der Waals surface area contributed by atoms with Crippen LogP contribution < -0.4 is 0 Å². The Morgan fingerprint density at radius 3 is 2.37 bits per heavy atom. The Balaban J connectivity index is 1.57. The summed E-state index contributed by atoms with van der Waals surface area (Å²) in [5, 5.41) is 4.04. The summed E-state index contributed by atoms with van der Waals surface area (Å²) in [6.45, 7) is 4.96. The van der Waals surface area contributed by atoms with Gasteiger partial charge in [0.15, 0.2) is 11.5 Å². The molecule has 5 heteroatoms. The molecule has 2 aromatic heterocycles. The van der Waals surface area contributed by atoms with Crippen molar-refractivity contribution in [2.75, 3.05) is 0 Å². The highest BCUT2D eigenvalue weighted by atomic mass is 16.5. The van der Waals surface area contributed by atoms with Crippen molar-refractivity contribution < 1.29 is 13.7 Å². The second-order valence-electron chi connectivity index (χ2n) is 7.35. The lowest BCUT2D eigenvalue weighted by atomic mass is 10.1. The van der Waals surface area contributed by atoms with Crippen molar-refractivity contribution in [2.45, 2.75) is 33.4 Å². The van der Waals surface area contributed by atoms with E-state index in [0.717, 1.165) is 28.9 Å². The molecule has 30 heavy (non-hydrogen) atoms. The highest BCUT2D eigenvalue weighted by Crippen LogP contribution is 2.22. The van der Waals surface area contributed by atoms with Crippen LogP contribution in [-0.2, 0) is 19.5 Å². The molecule has 0 N–H and O–H groups in total. The van der Waals surface area contributed by atoms with Gasteiger partial charge in [0.2, 0.25) is 0 Å². The number of hydrogen-bond acceptors (Lipinski definition) is 4. The molecule has 2 aromatic carbocycles. The molecule has 5 nitrogen and oxygen atoms in total. The van der Waals surface area contributed by atoms with E-state index in [2.05, 4.69) is 36.3 Å². The number of rotatable bonds is 7. The van der Waals surface area contributed by atoms with Gasteiger partial charge < -0.3 is 13.8 Å². The van der Waals surface area contributed by atoms with Crippen LogP contribution in [0, 0.1) is 6.92 Å². The Bertz CT molecular complexity index is 1090. The molecule has 0 aliphatic rings. The summed E-state index contributed by atoms with van der Waals surface area (Å²) in [4.78, 5) is 15.0. The summed E-state index contributed by atoms with van der Waals surface area (Å²) in [5.41, 5.74) is 4.65. The lowest BCUT2D eigenvalue weighted by molar-refractivity contribution is 0.0707. The standard InChI is InChI=1S/C25H24N2O3/c1-3-19-8-10-20(11-9-19)16-27(17-22-5-4-14-29-22)25(28)23-15-24(30-26-23)21-12-6-18(2)7-13-21/h4-15H,3,16-17H2,1-2H3. The molecule has 0 aliphatic heterocycles. The predicted molar refractivity (Wildman–Crippen MR) is 115 cm³/mol. The molecule has 0 bridgehead atoms. The van der Waals surface area contributed by atoms with Crippen molar-refractivity contribution in [3.8, 4) is 11.3 Å². The van der Waals surface area contributed by atoms with Crippen LogP contribution in [0.25, 0.3) is 11.3 Å². The summed E-state index contributed by atoms with van der Waals surface area (Å²) >= 11 is 0.